The summed E-state index contributed by atoms with van der Waals surface area (Å²) in [5, 5.41) is 3.77. The molecule has 1 saturated heterocycles. The van der Waals surface area contributed by atoms with Crippen LogP contribution in [0.25, 0.3) is 10.1 Å². The predicted molar refractivity (Wildman–Crippen MR) is 117 cm³/mol. The van der Waals surface area contributed by atoms with Gasteiger partial charge in [-0.3, -0.25) is 4.79 Å². The Kier molecular flexibility index (Phi) is 5.23. The van der Waals surface area contributed by atoms with Crippen LogP contribution < -0.4 is 5.32 Å². The zero-order chi connectivity index (χ0) is 20.8. The van der Waals surface area contributed by atoms with Crippen molar-refractivity contribution in [3.63, 3.8) is 0 Å². The summed E-state index contributed by atoms with van der Waals surface area (Å²) < 4.78 is 29.0. The monoisotopic (exact) mass is 428 g/mol. The number of amides is 1. The zero-order valence-corrected chi connectivity index (χ0v) is 18.4. The number of sulfonamides is 1. The van der Waals surface area contributed by atoms with E-state index >= 15 is 0 Å². The first-order valence-corrected chi connectivity index (χ1v) is 11.9. The summed E-state index contributed by atoms with van der Waals surface area (Å²) in [7, 11) is -1.93. The topological polar surface area (TPSA) is 66.5 Å². The van der Waals surface area contributed by atoms with Crippen molar-refractivity contribution in [3.8, 4) is 0 Å². The van der Waals surface area contributed by atoms with Gasteiger partial charge in [0.2, 0.25) is 10.0 Å². The summed E-state index contributed by atoms with van der Waals surface area (Å²) in [5.41, 5.74) is 3.01. The molecule has 4 rings (SSSR count). The van der Waals surface area contributed by atoms with Crippen molar-refractivity contribution < 1.29 is 13.2 Å². The molecule has 7 heteroatoms. The molecule has 2 aromatic carbocycles. The number of rotatable bonds is 4. The lowest BCUT2D eigenvalue weighted by Gasteiger charge is -2.18. The van der Waals surface area contributed by atoms with E-state index in [4.69, 9.17) is 0 Å². The molecule has 1 fully saturated rings. The molecule has 1 atom stereocenters. The molecule has 1 aliphatic rings. The Bertz CT molecular complexity index is 1200. The summed E-state index contributed by atoms with van der Waals surface area (Å²) in [6.45, 7) is 4.74. The molecule has 0 radical (unpaired) electrons. The molecule has 0 unspecified atom stereocenters. The van der Waals surface area contributed by atoms with Crippen molar-refractivity contribution in [3.05, 3.63) is 64.0 Å². The third-order valence-electron chi connectivity index (χ3n) is 5.74. The van der Waals surface area contributed by atoms with Crippen LogP contribution in [0.5, 0.6) is 0 Å². The van der Waals surface area contributed by atoms with Crippen LogP contribution in [0.4, 0.5) is 0 Å². The number of benzene rings is 2. The van der Waals surface area contributed by atoms with Crippen LogP contribution in [0.1, 0.15) is 38.7 Å². The molecule has 29 heavy (non-hydrogen) atoms. The summed E-state index contributed by atoms with van der Waals surface area (Å²) in [6.07, 6.45) is 0.703. The van der Waals surface area contributed by atoms with Gasteiger partial charge < -0.3 is 5.32 Å². The lowest BCUT2D eigenvalue weighted by atomic mass is 9.95. The first-order chi connectivity index (χ1) is 13.8. The van der Waals surface area contributed by atoms with E-state index in [-0.39, 0.29) is 11.8 Å². The Hall–Kier alpha value is -2.22. The number of nitrogens with zero attached hydrogens (tertiary/aromatic N) is 1. The van der Waals surface area contributed by atoms with E-state index in [1.165, 1.54) is 11.3 Å². The zero-order valence-electron chi connectivity index (χ0n) is 16.7. The molecule has 152 valence electrons. The summed E-state index contributed by atoms with van der Waals surface area (Å²) in [6, 6.07) is 13.2. The van der Waals surface area contributed by atoms with Gasteiger partial charge in [0.1, 0.15) is 0 Å². The normalized spacial score (nSPS) is 17.7. The fourth-order valence-corrected chi connectivity index (χ4v) is 6.78. The number of nitrogens with one attached hydrogen (secondary N) is 1. The average Bonchev–Trinajstić information content (AvgIpc) is 3.34. The molecule has 3 aromatic rings. The molecule has 5 nitrogen and oxygen atoms in total. The van der Waals surface area contributed by atoms with Crippen LogP contribution in [0.3, 0.4) is 0 Å². The number of aryl methyl sites for hydroxylation is 2. The van der Waals surface area contributed by atoms with E-state index < -0.39 is 10.0 Å². The van der Waals surface area contributed by atoms with Crippen LogP contribution in [0.15, 0.2) is 47.4 Å². The Morgan fingerprint density at radius 3 is 2.62 bits per heavy atom. The van der Waals surface area contributed by atoms with Crippen molar-refractivity contribution >= 4 is 37.4 Å². The standard InChI is InChI=1S/C22H24N2O3S2/c1-14-8-9-17(12-15(14)2)29(26,27)24-11-10-16(13-24)20-18-6-4-5-7-19(18)28-21(20)22(25)23-3/h4-9,12,16H,10-11,13H2,1-3H3,(H,23,25)/t16-/m0/s1. The van der Waals surface area contributed by atoms with E-state index in [1.54, 1.807) is 23.5 Å². The van der Waals surface area contributed by atoms with Crippen LogP contribution in [-0.2, 0) is 10.0 Å². The first-order valence-electron chi connectivity index (χ1n) is 9.64. The predicted octanol–water partition coefficient (Wildman–Crippen LogP) is 4.06. The number of hydrogen-bond acceptors (Lipinski definition) is 4. The summed E-state index contributed by atoms with van der Waals surface area (Å²) >= 11 is 1.47. The molecule has 0 spiro atoms. The molecule has 1 aromatic heterocycles. The fourth-order valence-electron chi connectivity index (χ4n) is 3.96. The number of carbonyl (C=O) groups excluding carboxylic acids is 1. The minimum atomic E-state index is -3.56. The Labute approximate surface area is 175 Å². The van der Waals surface area contributed by atoms with Crippen LogP contribution in [0.2, 0.25) is 0 Å². The molecule has 0 aliphatic carbocycles. The van der Waals surface area contributed by atoms with Crippen molar-refractivity contribution in [2.24, 2.45) is 0 Å². The van der Waals surface area contributed by atoms with Crippen LogP contribution >= 0.6 is 11.3 Å². The van der Waals surface area contributed by atoms with Crippen molar-refractivity contribution in [1.82, 2.24) is 9.62 Å². The van der Waals surface area contributed by atoms with Crippen LogP contribution in [0, 0.1) is 13.8 Å². The second-order valence-electron chi connectivity index (χ2n) is 7.51. The maximum atomic E-state index is 13.2. The smallest absolute Gasteiger partial charge is 0.261 e. The Morgan fingerprint density at radius 2 is 1.90 bits per heavy atom. The third kappa shape index (κ3) is 3.47. The number of carbonyl (C=O) groups is 1. The molecule has 0 saturated carbocycles. The molecule has 1 N–H and O–H groups in total. The summed E-state index contributed by atoms with van der Waals surface area (Å²) in [4.78, 5) is 13.5. The van der Waals surface area contributed by atoms with Gasteiger partial charge in [0.25, 0.3) is 5.91 Å². The molecule has 0 bridgehead atoms. The lowest BCUT2D eigenvalue weighted by molar-refractivity contribution is 0.0966. The van der Waals surface area contributed by atoms with E-state index in [2.05, 4.69) is 5.32 Å². The van der Waals surface area contributed by atoms with Crippen molar-refractivity contribution in [2.45, 2.75) is 31.1 Å². The van der Waals surface area contributed by atoms with Gasteiger partial charge in [0, 0.05) is 30.8 Å². The highest BCUT2D eigenvalue weighted by atomic mass is 32.2. The minimum Gasteiger partial charge on any atom is -0.354 e. The molecular weight excluding hydrogens is 404 g/mol. The minimum absolute atomic E-state index is 0.000213. The van der Waals surface area contributed by atoms with Gasteiger partial charge in [0.15, 0.2) is 0 Å². The first kappa shape index (κ1) is 20.1. The second-order valence-corrected chi connectivity index (χ2v) is 10.5. The van der Waals surface area contributed by atoms with Crippen molar-refractivity contribution in [2.75, 3.05) is 20.1 Å². The summed E-state index contributed by atoms with van der Waals surface area (Å²) in [5.74, 6) is -0.114. The maximum Gasteiger partial charge on any atom is 0.261 e. The third-order valence-corrected chi connectivity index (χ3v) is 8.79. The average molecular weight is 429 g/mol. The molecular formula is C22H24N2O3S2. The number of fused-ring (bicyclic) bond motifs is 1. The van der Waals surface area contributed by atoms with Crippen LogP contribution in [-0.4, -0.2) is 38.8 Å². The molecule has 1 aliphatic heterocycles. The quantitative estimate of drug-likeness (QED) is 0.682. The fraction of sp³-hybridized carbons (Fsp3) is 0.318. The maximum absolute atomic E-state index is 13.2. The Morgan fingerprint density at radius 1 is 1.14 bits per heavy atom. The van der Waals surface area contributed by atoms with Gasteiger partial charge >= 0.3 is 0 Å². The van der Waals surface area contributed by atoms with E-state index in [9.17, 15) is 13.2 Å². The van der Waals surface area contributed by atoms with Gasteiger partial charge in [0.05, 0.1) is 9.77 Å². The number of hydrogen-bond donors (Lipinski definition) is 1. The van der Waals surface area contributed by atoms with Gasteiger partial charge in [-0.1, -0.05) is 24.3 Å². The molecule has 2 heterocycles. The van der Waals surface area contributed by atoms with Gasteiger partial charge in [-0.25, -0.2) is 8.42 Å². The van der Waals surface area contributed by atoms with E-state index in [0.29, 0.717) is 29.3 Å². The molecule has 1 amide bonds. The SMILES string of the molecule is CNC(=O)c1sc2ccccc2c1[C@H]1CCN(S(=O)(=O)c2ccc(C)c(C)c2)C1. The highest BCUT2D eigenvalue weighted by Gasteiger charge is 2.36. The number of thiophene rings is 1. The van der Waals surface area contributed by atoms with Gasteiger partial charge in [-0.2, -0.15) is 4.31 Å². The van der Waals surface area contributed by atoms with E-state index in [1.807, 2.05) is 44.2 Å². The van der Waals surface area contributed by atoms with Crippen molar-refractivity contribution in [1.29, 1.82) is 0 Å². The lowest BCUT2D eigenvalue weighted by Crippen LogP contribution is -2.29. The highest BCUT2D eigenvalue weighted by molar-refractivity contribution is 7.89. The van der Waals surface area contributed by atoms with E-state index in [0.717, 1.165) is 26.8 Å². The van der Waals surface area contributed by atoms with Gasteiger partial charge in [-0.15, -0.1) is 11.3 Å². The largest absolute Gasteiger partial charge is 0.354 e. The Balaban J connectivity index is 1.70. The second kappa shape index (κ2) is 7.55. The highest BCUT2D eigenvalue weighted by Crippen LogP contribution is 2.41. The van der Waals surface area contributed by atoms with Gasteiger partial charge in [-0.05, 0) is 60.5 Å².